The molecule has 1 unspecified atom stereocenters. The van der Waals surface area contributed by atoms with Crippen molar-refractivity contribution < 1.29 is 5.11 Å². The fourth-order valence-corrected chi connectivity index (χ4v) is 3.18. The van der Waals surface area contributed by atoms with Crippen LogP contribution in [-0.2, 0) is 5.60 Å². The second kappa shape index (κ2) is 6.59. The number of aromatic nitrogens is 1. The summed E-state index contributed by atoms with van der Waals surface area (Å²) in [5, 5.41) is 11.4. The Bertz CT molecular complexity index is 591. The lowest BCUT2D eigenvalue weighted by Gasteiger charge is -2.30. The van der Waals surface area contributed by atoms with Crippen LogP contribution in [0, 0.1) is 6.92 Å². The highest BCUT2D eigenvalue weighted by Gasteiger charge is 2.33. The Hall–Kier alpha value is -1.71. The zero-order chi connectivity index (χ0) is 15.4. The minimum atomic E-state index is -1.02. The van der Waals surface area contributed by atoms with Crippen LogP contribution in [0.5, 0.6) is 0 Å². The van der Waals surface area contributed by atoms with Crippen molar-refractivity contribution in [1.29, 1.82) is 0 Å². The first kappa shape index (κ1) is 15.2. The van der Waals surface area contributed by atoms with Crippen LogP contribution < -0.4 is 0 Å². The Balaban J connectivity index is 1.88. The number of aliphatic hydroxyl groups is 1. The summed E-state index contributed by atoms with van der Waals surface area (Å²) in [4.78, 5) is 6.86. The molecule has 0 radical (unpaired) electrons. The average Bonchev–Trinajstić information content (AvgIpc) is 3.08. The molecule has 1 aliphatic heterocycles. The number of pyridine rings is 1. The minimum absolute atomic E-state index is 0.674. The van der Waals surface area contributed by atoms with Crippen molar-refractivity contribution in [3.05, 3.63) is 65.5 Å². The first-order chi connectivity index (χ1) is 10.7. The van der Waals surface area contributed by atoms with E-state index in [1.54, 1.807) is 6.20 Å². The Morgan fingerprint density at radius 3 is 2.45 bits per heavy atom. The first-order valence-corrected chi connectivity index (χ1v) is 8.12. The maximum Gasteiger partial charge on any atom is 0.133 e. The van der Waals surface area contributed by atoms with Gasteiger partial charge in [0.05, 0.1) is 5.69 Å². The molecular formula is C19H24N2O. The molecular weight excluding hydrogens is 272 g/mol. The number of rotatable bonds is 5. The summed E-state index contributed by atoms with van der Waals surface area (Å²) >= 11 is 0. The number of hydrogen-bond acceptors (Lipinski definition) is 3. The highest BCUT2D eigenvalue weighted by molar-refractivity contribution is 5.34. The van der Waals surface area contributed by atoms with Gasteiger partial charge in [0.25, 0.3) is 0 Å². The lowest BCUT2D eigenvalue weighted by atomic mass is 9.86. The fraction of sp³-hybridized carbons (Fsp3) is 0.421. The summed E-state index contributed by atoms with van der Waals surface area (Å²) in [6, 6.07) is 13.9. The SMILES string of the molecule is Cc1ccc(C(O)(CCN2CCCC2)c2ccccn2)cc1. The predicted molar refractivity (Wildman–Crippen MR) is 88.7 cm³/mol. The van der Waals surface area contributed by atoms with Gasteiger partial charge in [0.2, 0.25) is 0 Å². The van der Waals surface area contributed by atoms with Crippen LogP contribution in [0.1, 0.15) is 36.1 Å². The number of aryl methyl sites for hydroxylation is 1. The molecule has 1 aromatic carbocycles. The maximum atomic E-state index is 11.4. The van der Waals surface area contributed by atoms with Crippen LogP contribution in [-0.4, -0.2) is 34.6 Å². The van der Waals surface area contributed by atoms with Crippen molar-refractivity contribution in [3.63, 3.8) is 0 Å². The molecule has 3 rings (SSSR count). The van der Waals surface area contributed by atoms with E-state index in [0.717, 1.165) is 30.9 Å². The molecule has 0 spiro atoms. The average molecular weight is 296 g/mol. The molecule has 1 aromatic heterocycles. The van der Waals surface area contributed by atoms with Gasteiger partial charge in [0.1, 0.15) is 5.60 Å². The maximum absolute atomic E-state index is 11.4. The quantitative estimate of drug-likeness (QED) is 0.921. The van der Waals surface area contributed by atoms with Crippen LogP contribution in [0.4, 0.5) is 0 Å². The zero-order valence-corrected chi connectivity index (χ0v) is 13.2. The topological polar surface area (TPSA) is 36.4 Å². The molecule has 3 heteroatoms. The van der Waals surface area contributed by atoms with E-state index >= 15 is 0 Å². The Labute approximate surface area is 132 Å². The van der Waals surface area contributed by atoms with Crippen molar-refractivity contribution in [2.45, 2.75) is 31.8 Å². The van der Waals surface area contributed by atoms with Crippen LogP contribution in [0.25, 0.3) is 0 Å². The van der Waals surface area contributed by atoms with Crippen LogP contribution in [0.3, 0.4) is 0 Å². The third-order valence-corrected chi connectivity index (χ3v) is 4.61. The first-order valence-electron chi connectivity index (χ1n) is 8.12. The zero-order valence-electron chi connectivity index (χ0n) is 13.2. The van der Waals surface area contributed by atoms with Crippen LogP contribution >= 0.6 is 0 Å². The molecule has 0 amide bonds. The molecule has 0 aliphatic carbocycles. The number of hydrogen-bond donors (Lipinski definition) is 1. The van der Waals surface area contributed by atoms with Gasteiger partial charge in [-0.2, -0.15) is 0 Å². The normalized spacial score (nSPS) is 18.3. The van der Waals surface area contributed by atoms with Crippen molar-refractivity contribution in [2.75, 3.05) is 19.6 Å². The molecule has 1 saturated heterocycles. The highest BCUT2D eigenvalue weighted by Crippen LogP contribution is 2.32. The second-order valence-electron chi connectivity index (χ2n) is 6.24. The van der Waals surface area contributed by atoms with Gasteiger partial charge in [-0.1, -0.05) is 35.9 Å². The Morgan fingerprint density at radius 2 is 1.82 bits per heavy atom. The summed E-state index contributed by atoms with van der Waals surface area (Å²) in [5.74, 6) is 0. The van der Waals surface area contributed by atoms with E-state index in [9.17, 15) is 5.11 Å². The highest BCUT2D eigenvalue weighted by atomic mass is 16.3. The van der Waals surface area contributed by atoms with E-state index in [0.29, 0.717) is 6.42 Å². The van der Waals surface area contributed by atoms with Gasteiger partial charge in [-0.15, -0.1) is 0 Å². The fourth-order valence-electron chi connectivity index (χ4n) is 3.18. The van der Waals surface area contributed by atoms with Gasteiger partial charge in [-0.3, -0.25) is 4.98 Å². The van der Waals surface area contributed by atoms with Crippen LogP contribution in [0.15, 0.2) is 48.7 Å². The van der Waals surface area contributed by atoms with Gasteiger partial charge < -0.3 is 10.0 Å². The lowest BCUT2D eigenvalue weighted by Crippen LogP contribution is -2.34. The van der Waals surface area contributed by atoms with Crippen molar-refractivity contribution in [1.82, 2.24) is 9.88 Å². The van der Waals surface area contributed by atoms with E-state index in [1.807, 2.05) is 30.3 Å². The van der Waals surface area contributed by atoms with E-state index in [4.69, 9.17) is 0 Å². The largest absolute Gasteiger partial charge is 0.379 e. The lowest BCUT2D eigenvalue weighted by molar-refractivity contribution is 0.0560. The van der Waals surface area contributed by atoms with Crippen molar-refractivity contribution >= 4 is 0 Å². The molecule has 1 fully saturated rings. The Kier molecular flexibility index (Phi) is 4.55. The molecule has 2 heterocycles. The van der Waals surface area contributed by atoms with Gasteiger partial charge in [0, 0.05) is 12.7 Å². The van der Waals surface area contributed by atoms with E-state index in [2.05, 4.69) is 28.9 Å². The van der Waals surface area contributed by atoms with Gasteiger partial charge in [0.15, 0.2) is 0 Å². The molecule has 3 nitrogen and oxygen atoms in total. The molecule has 1 atom stereocenters. The molecule has 1 aliphatic rings. The molecule has 22 heavy (non-hydrogen) atoms. The Morgan fingerprint density at radius 1 is 1.09 bits per heavy atom. The minimum Gasteiger partial charge on any atom is -0.379 e. The van der Waals surface area contributed by atoms with E-state index in [1.165, 1.54) is 18.4 Å². The van der Waals surface area contributed by atoms with Gasteiger partial charge >= 0.3 is 0 Å². The monoisotopic (exact) mass is 296 g/mol. The number of nitrogens with zero attached hydrogens (tertiary/aromatic N) is 2. The van der Waals surface area contributed by atoms with Crippen LogP contribution in [0.2, 0.25) is 0 Å². The predicted octanol–water partition coefficient (Wildman–Crippen LogP) is 3.11. The van der Waals surface area contributed by atoms with Gasteiger partial charge in [-0.05, 0) is 57.0 Å². The smallest absolute Gasteiger partial charge is 0.133 e. The molecule has 0 bridgehead atoms. The van der Waals surface area contributed by atoms with E-state index in [-0.39, 0.29) is 0 Å². The molecule has 2 aromatic rings. The number of likely N-dealkylation sites (tertiary alicyclic amines) is 1. The summed E-state index contributed by atoms with van der Waals surface area (Å²) in [7, 11) is 0. The molecule has 1 N–H and O–H groups in total. The third-order valence-electron chi connectivity index (χ3n) is 4.61. The summed E-state index contributed by atoms with van der Waals surface area (Å²) in [6.45, 7) is 5.26. The third kappa shape index (κ3) is 3.21. The van der Waals surface area contributed by atoms with E-state index < -0.39 is 5.60 Å². The molecule has 0 saturated carbocycles. The van der Waals surface area contributed by atoms with Crippen molar-refractivity contribution in [3.8, 4) is 0 Å². The summed E-state index contributed by atoms with van der Waals surface area (Å²) in [5.41, 5.74) is 1.85. The standard InChI is InChI=1S/C19H24N2O/c1-16-7-9-17(10-8-16)19(22,18-6-2-3-12-20-18)11-15-21-13-4-5-14-21/h2-3,6-10,12,22H,4-5,11,13-15H2,1H3. The van der Waals surface area contributed by atoms with Crippen molar-refractivity contribution in [2.24, 2.45) is 0 Å². The summed E-state index contributed by atoms with van der Waals surface area (Å²) < 4.78 is 0. The number of benzene rings is 1. The van der Waals surface area contributed by atoms with Gasteiger partial charge in [-0.25, -0.2) is 0 Å². The molecule has 116 valence electrons. The summed E-state index contributed by atoms with van der Waals surface area (Å²) in [6.07, 6.45) is 4.97. The second-order valence-corrected chi connectivity index (χ2v) is 6.24.